The molecule has 0 aromatic carbocycles. The predicted molar refractivity (Wildman–Crippen MR) is 113 cm³/mol. The molecule has 0 atom stereocenters. The molecule has 1 aliphatic rings. The fourth-order valence-corrected chi connectivity index (χ4v) is 3.52. The molecule has 6 nitrogen and oxygen atoms in total. The molecule has 1 aliphatic carbocycles. The van der Waals surface area contributed by atoms with Gasteiger partial charge in [-0.2, -0.15) is 0 Å². The van der Waals surface area contributed by atoms with E-state index in [0.29, 0.717) is 12.0 Å². The van der Waals surface area contributed by atoms with E-state index < -0.39 is 0 Å². The van der Waals surface area contributed by atoms with Gasteiger partial charge in [-0.25, -0.2) is 4.98 Å². The largest absolute Gasteiger partial charge is 0.385 e. The molecule has 8 heteroatoms. The lowest BCUT2D eigenvalue weighted by Crippen LogP contribution is -2.46. The molecule has 0 spiro atoms. The summed E-state index contributed by atoms with van der Waals surface area (Å²) in [5, 5.41) is 9.93. The first-order valence-corrected chi connectivity index (χ1v) is 9.02. The monoisotopic (exact) mass is 467 g/mol. The molecular formula is C16H30IN5OS. The highest BCUT2D eigenvalue weighted by Crippen LogP contribution is 2.43. The smallest absolute Gasteiger partial charge is 0.191 e. The van der Waals surface area contributed by atoms with Crippen molar-refractivity contribution in [1.29, 1.82) is 0 Å². The molecule has 0 saturated heterocycles. The lowest BCUT2D eigenvalue weighted by Gasteiger charge is -2.42. The van der Waals surface area contributed by atoms with E-state index in [1.165, 1.54) is 19.3 Å². The van der Waals surface area contributed by atoms with Crippen molar-refractivity contribution in [2.45, 2.75) is 32.2 Å². The molecule has 138 valence electrons. The molecule has 0 aliphatic heterocycles. The Labute approximate surface area is 166 Å². The SMILES string of the molecule is CN=C(NCc1csc(N(C)C)n1)NCC1(CCOC)CCC1.I. The summed E-state index contributed by atoms with van der Waals surface area (Å²) in [6.07, 6.45) is 4.99. The molecule has 2 N–H and O–H groups in total. The maximum atomic E-state index is 5.25. The number of aliphatic imine (C=N–C) groups is 1. The molecule has 1 saturated carbocycles. The number of halogens is 1. The number of nitrogens with zero attached hydrogens (tertiary/aromatic N) is 3. The van der Waals surface area contributed by atoms with E-state index in [0.717, 1.165) is 36.4 Å². The number of nitrogens with one attached hydrogen (secondary N) is 2. The molecule has 2 rings (SSSR count). The molecule has 1 fully saturated rings. The summed E-state index contributed by atoms with van der Waals surface area (Å²) in [5.41, 5.74) is 1.42. The van der Waals surface area contributed by atoms with E-state index in [4.69, 9.17) is 4.74 Å². The second-order valence-electron chi connectivity index (χ2n) is 6.39. The molecule has 1 aromatic rings. The van der Waals surface area contributed by atoms with Gasteiger partial charge in [0.25, 0.3) is 0 Å². The maximum absolute atomic E-state index is 5.25. The van der Waals surface area contributed by atoms with Crippen LogP contribution in [0.25, 0.3) is 0 Å². The zero-order valence-electron chi connectivity index (χ0n) is 15.1. The van der Waals surface area contributed by atoms with Crippen LogP contribution in [0.15, 0.2) is 10.4 Å². The van der Waals surface area contributed by atoms with E-state index in [-0.39, 0.29) is 24.0 Å². The fourth-order valence-electron chi connectivity index (χ4n) is 2.76. The van der Waals surface area contributed by atoms with Crippen molar-refractivity contribution in [3.05, 3.63) is 11.1 Å². The number of aromatic nitrogens is 1. The number of methoxy groups -OCH3 is 1. The summed E-state index contributed by atoms with van der Waals surface area (Å²) in [6.45, 7) is 2.48. The van der Waals surface area contributed by atoms with Crippen LogP contribution in [0, 0.1) is 5.41 Å². The summed E-state index contributed by atoms with van der Waals surface area (Å²) in [6, 6.07) is 0. The molecule has 0 bridgehead atoms. The number of thiazole rings is 1. The highest BCUT2D eigenvalue weighted by Gasteiger charge is 2.36. The van der Waals surface area contributed by atoms with E-state index >= 15 is 0 Å². The standard InChI is InChI=1S/C16H29N5OS.HI/c1-17-14(18-10-13-11-23-15(20-13)21(2)3)19-12-16(6-5-7-16)8-9-22-4;/h11H,5-10,12H2,1-4H3,(H2,17,18,19);1H. The Hall–Kier alpha value is -0.610. The van der Waals surface area contributed by atoms with Gasteiger partial charge in [0, 0.05) is 46.8 Å². The quantitative estimate of drug-likeness (QED) is 0.350. The Kier molecular flexibility index (Phi) is 9.28. The van der Waals surface area contributed by atoms with E-state index in [1.54, 1.807) is 18.4 Å². The molecule has 0 amide bonds. The van der Waals surface area contributed by atoms with Crippen LogP contribution in [-0.4, -0.2) is 52.3 Å². The van der Waals surface area contributed by atoms with Gasteiger partial charge in [-0.05, 0) is 24.7 Å². The highest BCUT2D eigenvalue weighted by molar-refractivity contribution is 14.0. The molecule has 0 unspecified atom stereocenters. The normalized spacial score (nSPS) is 16.1. The van der Waals surface area contributed by atoms with Crippen LogP contribution in [0.4, 0.5) is 5.13 Å². The van der Waals surface area contributed by atoms with Gasteiger partial charge >= 0.3 is 0 Å². The minimum atomic E-state index is 0. The van der Waals surface area contributed by atoms with Crippen LogP contribution in [0.2, 0.25) is 0 Å². The number of hydrogen-bond acceptors (Lipinski definition) is 5. The second-order valence-corrected chi connectivity index (χ2v) is 7.23. The number of rotatable bonds is 8. The van der Waals surface area contributed by atoms with Crippen molar-refractivity contribution in [3.8, 4) is 0 Å². The van der Waals surface area contributed by atoms with Crippen molar-refractivity contribution in [1.82, 2.24) is 15.6 Å². The Morgan fingerprint density at radius 3 is 2.67 bits per heavy atom. The number of guanidine groups is 1. The zero-order chi connectivity index (χ0) is 16.7. The van der Waals surface area contributed by atoms with Crippen LogP contribution in [0.3, 0.4) is 0 Å². The highest BCUT2D eigenvalue weighted by atomic mass is 127. The van der Waals surface area contributed by atoms with Gasteiger partial charge in [0.05, 0.1) is 12.2 Å². The number of anilines is 1. The van der Waals surface area contributed by atoms with Gasteiger partial charge in [-0.1, -0.05) is 6.42 Å². The summed E-state index contributed by atoms with van der Waals surface area (Å²) in [5.74, 6) is 0.841. The van der Waals surface area contributed by atoms with Crippen molar-refractivity contribution < 1.29 is 4.74 Å². The van der Waals surface area contributed by atoms with Gasteiger partial charge in [0.1, 0.15) is 0 Å². The Morgan fingerprint density at radius 1 is 1.42 bits per heavy atom. The van der Waals surface area contributed by atoms with Crippen molar-refractivity contribution in [2.75, 3.05) is 46.3 Å². The zero-order valence-corrected chi connectivity index (χ0v) is 18.2. The molecule has 1 aromatic heterocycles. The van der Waals surface area contributed by atoms with Crippen molar-refractivity contribution >= 4 is 46.4 Å². The number of hydrogen-bond donors (Lipinski definition) is 2. The van der Waals surface area contributed by atoms with Crippen LogP contribution >= 0.6 is 35.3 Å². The molecule has 24 heavy (non-hydrogen) atoms. The molecule has 1 heterocycles. The molecular weight excluding hydrogens is 437 g/mol. The van der Waals surface area contributed by atoms with Gasteiger partial charge in [0.2, 0.25) is 0 Å². The van der Waals surface area contributed by atoms with Gasteiger partial charge < -0.3 is 20.3 Å². The molecule has 0 radical (unpaired) electrons. The third kappa shape index (κ3) is 6.03. The summed E-state index contributed by atoms with van der Waals surface area (Å²) >= 11 is 1.66. The van der Waals surface area contributed by atoms with Crippen LogP contribution in [-0.2, 0) is 11.3 Å². The summed E-state index contributed by atoms with van der Waals surface area (Å²) < 4.78 is 5.25. The van der Waals surface area contributed by atoms with E-state index in [1.807, 2.05) is 26.0 Å². The van der Waals surface area contributed by atoms with Crippen molar-refractivity contribution in [3.63, 3.8) is 0 Å². The van der Waals surface area contributed by atoms with Crippen LogP contribution < -0.4 is 15.5 Å². The Balaban J connectivity index is 0.00000288. The lowest BCUT2D eigenvalue weighted by atomic mass is 9.67. The minimum Gasteiger partial charge on any atom is -0.385 e. The Bertz CT molecular complexity index is 516. The van der Waals surface area contributed by atoms with E-state index in [2.05, 4.69) is 26.0 Å². The number of ether oxygens (including phenoxy) is 1. The first-order valence-electron chi connectivity index (χ1n) is 8.14. The van der Waals surface area contributed by atoms with Crippen LogP contribution in [0.1, 0.15) is 31.4 Å². The maximum Gasteiger partial charge on any atom is 0.191 e. The lowest BCUT2D eigenvalue weighted by molar-refractivity contribution is 0.0732. The Morgan fingerprint density at radius 2 is 2.17 bits per heavy atom. The van der Waals surface area contributed by atoms with Gasteiger partial charge in [0.15, 0.2) is 11.1 Å². The van der Waals surface area contributed by atoms with E-state index in [9.17, 15) is 0 Å². The van der Waals surface area contributed by atoms with Crippen LogP contribution in [0.5, 0.6) is 0 Å². The van der Waals surface area contributed by atoms with Crippen molar-refractivity contribution in [2.24, 2.45) is 10.4 Å². The minimum absolute atomic E-state index is 0. The predicted octanol–water partition coefficient (Wildman–Crippen LogP) is 2.70. The van der Waals surface area contributed by atoms with Gasteiger partial charge in [-0.15, -0.1) is 35.3 Å². The topological polar surface area (TPSA) is 61.8 Å². The first-order chi connectivity index (χ1) is 11.1. The first kappa shape index (κ1) is 21.4. The third-order valence-corrected chi connectivity index (χ3v) is 5.52. The second kappa shape index (κ2) is 10.4. The summed E-state index contributed by atoms with van der Waals surface area (Å²) in [7, 11) is 7.60. The summed E-state index contributed by atoms with van der Waals surface area (Å²) in [4.78, 5) is 10.9. The third-order valence-electron chi connectivity index (χ3n) is 4.46. The van der Waals surface area contributed by atoms with Gasteiger partial charge in [-0.3, -0.25) is 4.99 Å². The average molecular weight is 467 g/mol. The fraction of sp³-hybridized carbons (Fsp3) is 0.750. The average Bonchev–Trinajstić information content (AvgIpc) is 2.98.